The number of pyridine rings is 1. The summed E-state index contributed by atoms with van der Waals surface area (Å²) in [5.74, 6) is 1.31. The van der Waals surface area contributed by atoms with E-state index in [1.54, 1.807) is 7.11 Å². The Hall–Kier alpha value is -2.07. The lowest BCUT2D eigenvalue weighted by molar-refractivity contribution is 0.251. The van der Waals surface area contributed by atoms with Crippen LogP contribution in [-0.4, -0.2) is 17.2 Å². The minimum Gasteiger partial charge on any atom is -0.497 e. The van der Waals surface area contributed by atoms with Crippen LogP contribution in [0.25, 0.3) is 0 Å². The molecule has 0 aliphatic heterocycles. The average molecular weight is 273 g/mol. The van der Waals surface area contributed by atoms with Crippen molar-refractivity contribution in [1.29, 1.82) is 0 Å². The summed E-state index contributed by atoms with van der Waals surface area (Å²) in [6.45, 7) is 4.19. The van der Waals surface area contributed by atoms with Crippen molar-refractivity contribution in [2.75, 3.05) is 7.11 Å². The first kappa shape index (κ1) is 14.3. The maximum atomic E-state index is 9.42. The molecule has 0 saturated carbocycles. The van der Waals surface area contributed by atoms with Crippen LogP contribution in [-0.2, 0) is 13.2 Å². The SMILES string of the molecule is COc1ccc(COc2nc(C)cc(C)c2CO)cc1. The predicted octanol–water partition coefficient (Wildman–Crippen LogP) is 2.78. The van der Waals surface area contributed by atoms with E-state index in [0.717, 1.165) is 28.1 Å². The number of hydrogen-bond acceptors (Lipinski definition) is 4. The average Bonchev–Trinajstić information content (AvgIpc) is 2.45. The Balaban J connectivity index is 2.13. The molecule has 20 heavy (non-hydrogen) atoms. The minimum absolute atomic E-state index is 0.0724. The number of rotatable bonds is 5. The Morgan fingerprint density at radius 1 is 1.15 bits per heavy atom. The summed E-state index contributed by atoms with van der Waals surface area (Å²) in [7, 11) is 1.64. The number of aromatic nitrogens is 1. The van der Waals surface area contributed by atoms with Crippen LogP contribution in [0.2, 0.25) is 0 Å². The van der Waals surface area contributed by atoms with E-state index in [-0.39, 0.29) is 6.61 Å². The highest BCUT2D eigenvalue weighted by Gasteiger charge is 2.09. The Labute approximate surface area is 119 Å². The van der Waals surface area contributed by atoms with E-state index >= 15 is 0 Å². The third-order valence-electron chi connectivity index (χ3n) is 3.13. The van der Waals surface area contributed by atoms with E-state index in [0.29, 0.717) is 12.5 Å². The number of aryl methyl sites for hydroxylation is 2. The molecular weight excluding hydrogens is 254 g/mol. The number of ether oxygens (including phenoxy) is 2. The molecule has 0 saturated heterocycles. The summed E-state index contributed by atoms with van der Waals surface area (Å²) < 4.78 is 10.9. The largest absolute Gasteiger partial charge is 0.497 e. The first-order chi connectivity index (χ1) is 9.63. The molecular formula is C16H19NO3. The van der Waals surface area contributed by atoms with Crippen molar-refractivity contribution in [3.8, 4) is 11.6 Å². The van der Waals surface area contributed by atoms with Crippen LogP contribution in [0.4, 0.5) is 0 Å². The first-order valence-electron chi connectivity index (χ1n) is 6.47. The Morgan fingerprint density at radius 3 is 2.45 bits per heavy atom. The predicted molar refractivity (Wildman–Crippen MR) is 77.0 cm³/mol. The smallest absolute Gasteiger partial charge is 0.219 e. The number of nitrogens with zero attached hydrogens (tertiary/aromatic N) is 1. The van der Waals surface area contributed by atoms with Crippen molar-refractivity contribution < 1.29 is 14.6 Å². The van der Waals surface area contributed by atoms with Gasteiger partial charge >= 0.3 is 0 Å². The second-order valence-corrected chi connectivity index (χ2v) is 4.66. The summed E-state index contributed by atoms with van der Waals surface area (Å²) in [6, 6.07) is 9.60. The topological polar surface area (TPSA) is 51.6 Å². The lowest BCUT2D eigenvalue weighted by Crippen LogP contribution is -2.04. The van der Waals surface area contributed by atoms with E-state index in [1.165, 1.54) is 0 Å². The second kappa shape index (κ2) is 6.39. The Kier molecular flexibility index (Phi) is 4.58. The number of aliphatic hydroxyl groups excluding tert-OH is 1. The normalized spacial score (nSPS) is 10.4. The van der Waals surface area contributed by atoms with Gasteiger partial charge in [0.05, 0.1) is 13.7 Å². The molecule has 1 N–H and O–H groups in total. The van der Waals surface area contributed by atoms with Gasteiger partial charge in [-0.3, -0.25) is 0 Å². The van der Waals surface area contributed by atoms with Crippen molar-refractivity contribution in [2.24, 2.45) is 0 Å². The van der Waals surface area contributed by atoms with Crippen molar-refractivity contribution in [2.45, 2.75) is 27.1 Å². The van der Waals surface area contributed by atoms with Gasteiger partial charge in [0, 0.05) is 11.3 Å². The fraction of sp³-hybridized carbons (Fsp3) is 0.312. The zero-order chi connectivity index (χ0) is 14.5. The van der Waals surface area contributed by atoms with E-state index in [9.17, 15) is 5.11 Å². The fourth-order valence-corrected chi connectivity index (χ4v) is 2.01. The molecule has 0 radical (unpaired) electrons. The molecule has 0 atom stereocenters. The maximum absolute atomic E-state index is 9.42. The zero-order valence-corrected chi connectivity index (χ0v) is 12.0. The van der Waals surface area contributed by atoms with Crippen LogP contribution in [0.15, 0.2) is 30.3 Å². The molecule has 4 nitrogen and oxygen atoms in total. The van der Waals surface area contributed by atoms with Gasteiger partial charge in [-0.05, 0) is 43.2 Å². The molecule has 0 bridgehead atoms. The van der Waals surface area contributed by atoms with Gasteiger partial charge in [0.1, 0.15) is 12.4 Å². The fourth-order valence-electron chi connectivity index (χ4n) is 2.01. The van der Waals surface area contributed by atoms with Gasteiger partial charge in [0.15, 0.2) is 0 Å². The minimum atomic E-state index is -0.0724. The molecule has 0 fully saturated rings. The van der Waals surface area contributed by atoms with Crippen LogP contribution < -0.4 is 9.47 Å². The molecule has 106 valence electrons. The number of benzene rings is 1. The Morgan fingerprint density at radius 2 is 1.85 bits per heavy atom. The highest BCUT2D eigenvalue weighted by atomic mass is 16.5. The van der Waals surface area contributed by atoms with Gasteiger partial charge in [-0.15, -0.1) is 0 Å². The molecule has 2 rings (SSSR count). The molecule has 1 heterocycles. The third kappa shape index (κ3) is 3.27. The monoisotopic (exact) mass is 273 g/mol. The molecule has 4 heteroatoms. The lowest BCUT2D eigenvalue weighted by atomic mass is 10.1. The summed E-state index contributed by atoms with van der Waals surface area (Å²) in [6.07, 6.45) is 0. The van der Waals surface area contributed by atoms with Crippen LogP contribution in [0.3, 0.4) is 0 Å². The molecule has 0 aliphatic carbocycles. The third-order valence-corrected chi connectivity index (χ3v) is 3.13. The second-order valence-electron chi connectivity index (χ2n) is 4.66. The maximum Gasteiger partial charge on any atom is 0.219 e. The van der Waals surface area contributed by atoms with Gasteiger partial charge in [0.25, 0.3) is 0 Å². The van der Waals surface area contributed by atoms with Gasteiger partial charge in [-0.2, -0.15) is 0 Å². The van der Waals surface area contributed by atoms with E-state index in [4.69, 9.17) is 9.47 Å². The van der Waals surface area contributed by atoms with Crippen molar-refractivity contribution in [1.82, 2.24) is 4.98 Å². The highest BCUT2D eigenvalue weighted by Crippen LogP contribution is 2.22. The first-order valence-corrected chi connectivity index (χ1v) is 6.47. The number of aliphatic hydroxyl groups is 1. The van der Waals surface area contributed by atoms with E-state index in [2.05, 4.69) is 4.98 Å². The van der Waals surface area contributed by atoms with Gasteiger partial charge in [-0.1, -0.05) is 12.1 Å². The highest BCUT2D eigenvalue weighted by molar-refractivity contribution is 5.35. The molecule has 0 spiro atoms. The molecule has 1 aromatic carbocycles. The van der Waals surface area contributed by atoms with Crippen molar-refractivity contribution >= 4 is 0 Å². The van der Waals surface area contributed by atoms with Crippen molar-refractivity contribution in [3.63, 3.8) is 0 Å². The van der Waals surface area contributed by atoms with E-state index < -0.39 is 0 Å². The summed E-state index contributed by atoms with van der Waals surface area (Å²) >= 11 is 0. The molecule has 1 aromatic heterocycles. The standard InChI is InChI=1S/C16H19NO3/c1-11-8-12(2)17-16(15(11)9-18)20-10-13-4-6-14(19-3)7-5-13/h4-8,18H,9-10H2,1-3H3. The molecule has 0 unspecified atom stereocenters. The van der Waals surface area contributed by atoms with Gasteiger partial charge < -0.3 is 14.6 Å². The molecule has 0 amide bonds. The number of hydrogen-bond donors (Lipinski definition) is 1. The zero-order valence-electron chi connectivity index (χ0n) is 12.0. The number of methoxy groups -OCH3 is 1. The van der Waals surface area contributed by atoms with Crippen LogP contribution in [0, 0.1) is 13.8 Å². The van der Waals surface area contributed by atoms with Crippen molar-refractivity contribution in [3.05, 3.63) is 52.7 Å². The van der Waals surface area contributed by atoms with Gasteiger partial charge in [-0.25, -0.2) is 4.98 Å². The van der Waals surface area contributed by atoms with Crippen LogP contribution >= 0.6 is 0 Å². The van der Waals surface area contributed by atoms with E-state index in [1.807, 2.05) is 44.2 Å². The summed E-state index contributed by atoms with van der Waals surface area (Å²) in [5.41, 5.74) is 3.63. The summed E-state index contributed by atoms with van der Waals surface area (Å²) in [5, 5.41) is 9.42. The van der Waals surface area contributed by atoms with Crippen LogP contribution in [0.1, 0.15) is 22.4 Å². The lowest BCUT2D eigenvalue weighted by Gasteiger charge is -2.12. The van der Waals surface area contributed by atoms with Crippen LogP contribution in [0.5, 0.6) is 11.6 Å². The molecule has 0 aliphatic rings. The quantitative estimate of drug-likeness (QED) is 0.910. The Bertz CT molecular complexity index is 579. The van der Waals surface area contributed by atoms with Gasteiger partial charge in [0.2, 0.25) is 5.88 Å². The molecule has 2 aromatic rings. The summed E-state index contributed by atoms with van der Waals surface area (Å²) in [4.78, 5) is 4.35.